The van der Waals surface area contributed by atoms with Crippen molar-refractivity contribution in [3.05, 3.63) is 24.0 Å². The number of para-hydroxylation sites is 1. The SMILES string of the molecule is CCOc1cccc2c1nc(CCl)n2C(CC)COC. The van der Waals surface area contributed by atoms with Gasteiger partial charge in [0.15, 0.2) is 0 Å². The first kappa shape index (κ1) is 15.1. The van der Waals surface area contributed by atoms with Crippen molar-refractivity contribution >= 4 is 22.6 Å². The lowest BCUT2D eigenvalue weighted by Gasteiger charge is -2.19. The van der Waals surface area contributed by atoms with Crippen molar-refractivity contribution < 1.29 is 9.47 Å². The number of hydrogen-bond donors (Lipinski definition) is 0. The Kier molecular flexibility index (Phi) is 5.26. The van der Waals surface area contributed by atoms with E-state index in [0.29, 0.717) is 19.1 Å². The first-order chi connectivity index (χ1) is 9.76. The van der Waals surface area contributed by atoms with Crippen LogP contribution in [0.25, 0.3) is 11.0 Å². The van der Waals surface area contributed by atoms with E-state index in [4.69, 9.17) is 21.1 Å². The van der Waals surface area contributed by atoms with Crippen molar-refractivity contribution in [3.8, 4) is 5.75 Å². The Morgan fingerprint density at radius 2 is 2.15 bits per heavy atom. The van der Waals surface area contributed by atoms with Gasteiger partial charge in [-0.25, -0.2) is 4.98 Å². The molecule has 0 saturated heterocycles. The van der Waals surface area contributed by atoms with E-state index in [9.17, 15) is 0 Å². The normalized spacial score (nSPS) is 12.8. The van der Waals surface area contributed by atoms with E-state index >= 15 is 0 Å². The Morgan fingerprint density at radius 3 is 2.75 bits per heavy atom. The van der Waals surface area contributed by atoms with E-state index in [1.807, 2.05) is 19.1 Å². The highest BCUT2D eigenvalue weighted by Crippen LogP contribution is 2.30. The maximum absolute atomic E-state index is 6.07. The molecule has 0 fully saturated rings. The van der Waals surface area contributed by atoms with Crippen LogP contribution in [0, 0.1) is 0 Å². The summed E-state index contributed by atoms with van der Waals surface area (Å²) in [5.41, 5.74) is 1.93. The highest BCUT2D eigenvalue weighted by molar-refractivity contribution is 6.16. The van der Waals surface area contributed by atoms with Crippen LogP contribution in [-0.4, -0.2) is 29.9 Å². The third-order valence-corrected chi connectivity index (χ3v) is 3.61. The number of alkyl halides is 1. The molecule has 0 radical (unpaired) electrons. The smallest absolute Gasteiger partial charge is 0.147 e. The molecular formula is C15H21ClN2O2. The molecule has 0 aliphatic rings. The highest BCUT2D eigenvalue weighted by Gasteiger charge is 2.19. The van der Waals surface area contributed by atoms with Gasteiger partial charge in [0, 0.05) is 7.11 Å². The standard InChI is InChI=1S/C15H21ClN2O2/c1-4-11(10-19-3)18-12-7-6-8-13(20-5-2)15(12)17-14(18)9-16/h6-8,11H,4-5,9-10H2,1-3H3. The van der Waals surface area contributed by atoms with E-state index in [1.54, 1.807) is 7.11 Å². The van der Waals surface area contributed by atoms with Gasteiger partial charge < -0.3 is 14.0 Å². The molecule has 1 aromatic carbocycles. The predicted octanol–water partition coefficient (Wildman–Crippen LogP) is 3.77. The first-order valence-corrected chi connectivity index (χ1v) is 7.47. The number of rotatable bonds is 7. The molecular weight excluding hydrogens is 276 g/mol. The van der Waals surface area contributed by atoms with Crippen LogP contribution in [0.3, 0.4) is 0 Å². The molecule has 1 aromatic heterocycles. The van der Waals surface area contributed by atoms with Crippen LogP contribution < -0.4 is 4.74 Å². The summed E-state index contributed by atoms with van der Waals surface area (Å²) in [6.45, 7) is 5.38. The van der Waals surface area contributed by atoms with Crippen molar-refractivity contribution in [3.63, 3.8) is 0 Å². The Hall–Kier alpha value is -1.26. The van der Waals surface area contributed by atoms with E-state index < -0.39 is 0 Å². The van der Waals surface area contributed by atoms with Gasteiger partial charge in [-0.15, -0.1) is 11.6 Å². The molecule has 0 saturated carbocycles. The number of aromatic nitrogens is 2. The fraction of sp³-hybridized carbons (Fsp3) is 0.533. The van der Waals surface area contributed by atoms with Crippen LogP contribution in [0.1, 0.15) is 32.1 Å². The lowest BCUT2D eigenvalue weighted by Crippen LogP contribution is -2.16. The lowest BCUT2D eigenvalue weighted by molar-refractivity contribution is 0.154. The molecule has 0 N–H and O–H groups in total. The second-order valence-electron chi connectivity index (χ2n) is 4.61. The Morgan fingerprint density at radius 1 is 1.35 bits per heavy atom. The molecule has 4 nitrogen and oxygen atoms in total. The minimum absolute atomic E-state index is 0.232. The molecule has 0 bridgehead atoms. The molecule has 1 unspecified atom stereocenters. The number of hydrogen-bond acceptors (Lipinski definition) is 3. The number of methoxy groups -OCH3 is 1. The fourth-order valence-corrected chi connectivity index (χ4v) is 2.67. The van der Waals surface area contributed by atoms with Gasteiger partial charge in [0.2, 0.25) is 0 Å². The Bertz CT molecular complexity index is 568. The number of benzene rings is 1. The van der Waals surface area contributed by atoms with Crippen LogP contribution in [0.15, 0.2) is 18.2 Å². The van der Waals surface area contributed by atoms with Gasteiger partial charge in [-0.2, -0.15) is 0 Å². The van der Waals surface area contributed by atoms with Crippen molar-refractivity contribution in [1.82, 2.24) is 9.55 Å². The molecule has 1 heterocycles. The monoisotopic (exact) mass is 296 g/mol. The zero-order valence-corrected chi connectivity index (χ0v) is 13.0. The van der Waals surface area contributed by atoms with Gasteiger partial charge in [-0.05, 0) is 25.5 Å². The summed E-state index contributed by atoms with van der Waals surface area (Å²) in [6.07, 6.45) is 0.960. The number of nitrogens with zero attached hydrogens (tertiary/aromatic N) is 2. The van der Waals surface area contributed by atoms with Crippen LogP contribution in [-0.2, 0) is 10.6 Å². The molecule has 0 spiro atoms. The zero-order valence-electron chi connectivity index (χ0n) is 12.2. The quantitative estimate of drug-likeness (QED) is 0.730. The molecule has 2 rings (SSSR count). The predicted molar refractivity (Wildman–Crippen MR) is 81.7 cm³/mol. The largest absolute Gasteiger partial charge is 0.492 e. The molecule has 0 amide bonds. The first-order valence-electron chi connectivity index (χ1n) is 6.94. The molecule has 5 heteroatoms. The number of halogens is 1. The van der Waals surface area contributed by atoms with E-state index in [-0.39, 0.29) is 6.04 Å². The average Bonchev–Trinajstić information content (AvgIpc) is 2.84. The van der Waals surface area contributed by atoms with Gasteiger partial charge in [0.1, 0.15) is 17.1 Å². The average molecular weight is 297 g/mol. The molecule has 110 valence electrons. The van der Waals surface area contributed by atoms with Crippen molar-refractivity contribution in [1.29, 1.82) is 0 Å². The number of imidazole rings is 1. The van der Waals surface area contributed by atoms with Gasteiger partial charge in [-0.1, -0.05) is 13.0 Å². The Labute approximate surface area is 124 Å². The minimum atomic E-state index is 0.232. The summed E-state index contributed by atoms with van der Waals surface area (Å²) in [5.74, 6) is 2.04. The molecule has 0 aliphatic heterocycles. The van der Waals surface area contributed by atoms with Crippen molar-refractivity contribution in [2.24, 2.45) is 0 Å². The van der Waals surface area contributed by atoms with Crippen LogP contribution in [0.5, 0.6) is 5.75 Å². The second kappa shape index (κ2) is 6.95. The summed E-state index contributed by atoms with van der Waals surface area (Å²) in [7, 11) is 1.72. The second-order valence-corrected chi connectivity index (χ2v) is 4.87. The van der Waals surface area contributed by atoms with Crippen LogP contribution in [0.4, 0.5) is 0 Å². The summed E-state index contributed by atoms with van der Waals surface area (Å²) in [6, 6.07) is 6.22. The van der Waals surface area contributed by atoms with Crippen LogP contribution in [0.2, 0.25) is 0 Å². The molecule has 1 atom stereocenters. The van der Waals surface area contributed by atoms with Crippen LogP contribution >= 0.6 is 11.6 Å². The third kappa shape index (κ3) is 2.76. The molecule has 2 aromatic rings. The van der Waals surface area contributed by atoms with Gasteiger partial charge in [0.25, 0.3) is 0 Å². The zero-order chi connectivity index (χ0) is 14.5. The molecule has 0 aliphatic carbocycles. The summed E-state index contributed by atoms with van der Waals surface area (Å²) in [4.78, 5) is 4.65. The summed E-state index contributed by atoms with van der Waals surface area (Å²) in [5, 5.41) is 0. The lowest BCUT2D eigenvalue weighted by atomic mass is 10.2. The minimum Gasteiger partial charge on any atom is -0.492 e. The number of fused-ring (bicyclic) bond motifs is 1. The maximum Gasteiger partial charge on any atom is 0.147 e. The topological polar surface area (TPSA) is 36.3 Å². The highest BCUT2D eigenvalue weighted by atomic mass is 35.5. The van der Waals surface area contributed by atoms with E-state index in [0.717, 1.165) is 29.0 Å². The fourth-order valence-electron chi connectivity index (χ4n) is 2.48. The van der Waals surface area contributed by atoms with Gasteiger partial charge in [0.05, 0.1) is 30.7 Å². The summed E-state index contributed by atoms with van der Waals surface area (Å²) >= 11 is 6.07. The molecule has 20 heavy (non-hydrogen) atoms. The number of ether oxygens (including phenoxy) is 2. The van der Waals surface area contributed by atoms with E-state index in [1.165, 1.54) is 0 Å². The van der Waals surface area contributed by atoms with E-state index in [2.05, 4.69) is 22.5 Å². The van der Waals surface area contributed by atoms with Crippen molar-refractivity contribution in [2.45, 2.75) is 32.2 Å². The van der Waals surface area contributed by atoms with Gasteiger partial charge >= 0.3 is 0 Å². The Balaban J connectivity index is 2.59. The van der Waals surface area contributed by atoms with Crippen molar-refractivity contribution in [2.75, 3.05) is 20.3 Å². The third-order valence-electron chi connectivity index (χ3n) is 3.37. The maximum atomic E-state index is 6.07. The van der Waals surface area contributed by atoms with Gasteiger partial charge in [-0.3, -0.25) is 0 Å². The summed E-state index contributed by atoms with van der Waals surface area (Å²) < 4.78 is 13.2.